The van der Waals surface area contributed by atoms with E-state index in [0.717, 1.165) is 41.9 Å². The molecule has 2 N–H and O–H groups in total. The average Bonchev–Trinajstić information content (AvgIpc) is 3.02. The first-order valence-electron chi connectivity index (χ1n) is 9.64. The number of nitrogens with zero attached hydrogens (tertiary/aromatic N) is 3. The average molecular weight is 362 g/mol. The summed E-state index contributed by atoms with van der Waals surface area (Å²) >= 11 is 0. The van der Waals surface area contributed by atoms with Crippen molar-refractivity contribution >= 4 is 16.9 Å². The molecule has 2 heterocycles. The van der Waals surface area contributed by atoms with Crippen molar-refractivity contribution in [3.8, 4) is 5.69 Å². The SMILES string of the molecule is Cc1nc2cc(C(=O)N3CCC(C)CC3CN)ccc2n1-c1ccccc1. The van der Waals surface area contributed by atoms with Gasteiger partial charge in [0, 0.05) is 30.4 Å². The zero-order chi connectivity index (χ0) is 19.0. The van der Waals surface area contributed by atoms with Crippen molar-refractivity contribution in [1.29, 1.82) is 0 Å². The minimum absolute atomic E-state index is 0.0613. The van der Waals surface area contributed by atoms with Crippen LogP contribution in [0.3, 0.4) is 0 Å². The van der Waals surface area contributed by atoms with E-state index in [2.05, 4.69) is 23.6 Å². The van der Waals surface area contributed by atoms with Gasteiger partial charge in [-0.3, -0.25) is 9.36 Å². The molecule has 1 aliphatic heterocycles. The molecule has 2 atom stereocenters. The Bertz CT molecular complexity index is 963. The minimum Gasteiger partial charge on any atom is -0.334 e. The summed E-state index contributed by atoms with van der Waals surface area (Å²) in [5.41, 5.74) is 9.56. The number of aromatic nitrogens is 2. The van der Waals surface area contributed by atoms with Gasteiger partial charge in [0.15, 0.2) is 0 Å². The standard InChI is InChI=1S/C22H26N4O/c1-15-10-11-25(19(12-15)14-23)22(27)17-8-9-21-20(13-17)24-16(2)26(21)18-6-4-3-5-7-18/h3-9,13,15,19H,10-12,14,23H2,1-2H3. The molecule has 1 aromatic heterocycles. The van der Waals surface area contributed by atoms with Crippen molar-refractivity contribution in [3.63, 3.8) is 0 Å². The summed E-state index contributed by atoms with van der Waals surface area (Å²) in [4.78, 5) is 19.8. The summed E-state index contributed by atoms with van der Waals surface area (Å²) in [5.74, 6) is 1.59. The molecule has 1 fully saturated rings. The van der Waals surface area contributed by atoms with Crippen LogP contribution in [0.4, 0.5) is 0 Å². The van der Waals surface area contributed by atoms with E-state index in [1.807, 2.05) is 48.2 Å². The quantitative estimate of drug-likeness (QED) is 0.775. The highest BCUT2D eigenvalue weighted by molar-refractivity contribution is 5.98. The topological polar surface area (TPSA) is 64.2 Å². The van der Waals surface area contributed by atoms with Gasteiger partial charge in [0.25, 0.3) is 5.91 Å². The third-order valence-corrected chi connectivity index (χ3v) is 5.59. The molecule has 4 rings (SSSR count). The van der Waals surface area contributed by atoms with E-state index in [9.17, 15) is 4.79 Å². The van der Waals surface area contributed by atoms with Gasteiger partial charge in [0.1, 0.15) is 5.82 Å². The Morgan fingerprint density at radius 1 is 1.22 bits per heavy atom. The number of carbonyl (C=O) groups is 1. The van der Waals surface area contributed by atoms with Crippen LogP contribution in [-0.4, -0.2) is 39.5 Å². The Hall–Kier alpha value is -2.66. The first-order chi connectivity index (χ1) is 13.1. The van der Waals surface area contributed by atoms with Crippen molar-refractivity contribution in [2.24, 2.45) is 11.7 Å². The molecule has 5 nitrogen and oxygen atoms in total. The van der Waals surface area contributed by atoms with E-state index in [0.29, 0.717) is 18.0 Å². The molecule has 2 aromatic carbocycles. The fourth-order valence-electron chi connectivity index (χ4n) is 4.14. The van der Waals surface area contributed by atoms with Gasteiger partial charge in [0.2, 0.25) is 0 Å². The summed E-state index contributed by atoms with van der Waals surface area (Å²) < 4.78 is 2.12. The zero-order valence-electron chi connectivity index (χ0n) is 15.9. The number of para-hydroxylation sites is 1. The van der Waals surface area contributed by atoms with Gasteiger partial charge in [-0.15, -0.1) is 0 Å². The molecule has 0 bridgehead atoms. The monoisotopic (exact) mass is 362 g/mol. The molecule has 0 radical (unpaired) electrons. The number of fused-ring (bicyclic) bond motifs is 1. The number of hydrogen-bond acceptors (Lipinski definition) is 3. The number of benzene rings is 2. The first kappa shape index (κ1) is 17.7. The van der Waals surface area contributed by atoms with E-state index in [1.165, 1.54) is 0 Å². The highest BCUT2D eigenvalue weighted by atomic mass is 16.2. The Morgan fingerprint density at radius 2 is 2.00 bits per heavy atom. The summed E-state index contributed by atoms with van der Waals surface area (Å²) in [6, 6.07) is 16.1. The lowest BCUT2D eigenvalue weighted by Gasteiger charge is -2.38. The predicted molar refractivity (Wildman–Crippen MR) is 108 cm³/mol. The number of rotatable bonds is 3. The highest BCUT2D eigenvalue weighted by Gasteiger charge is 2.29. The number of aryl methyl sites for hydroxylation is 1. The molecule has 140 valence electrons. The lowest BCUT2D eigenvalue weighted by atomic mass is 9.92. The van der Waals surface area contributed by atoms with Crippen LogP contribution in [0, 0.1) is 12.8 Å². The minimum atomic E-state index is 0.0613. The van der Waals surface area contributed by atoms with Crippen LogP contribution < -0.4 is 5.73 Å². The van der Waals surface area contributed by atoms with Gasteiger partial charge in [0.05, 0.1) is 11.0 Å². The fourth-order valence-corrected chi connectivity index (χ4v) is 4.14. The number of likely N-dealkylation sites (tertiary alicyclic amines) is 1. The number of nitrogens with two attached hydrogens (primary N) is 1. The van der Waals surface area contributed by atoms with Crippen molar-refractivity contribution < 1.29 is 4.79 Å². The van der Waals surface area contributed by atoms with Crippen LogP contribution in [-0.2, 0) is 0 Å². The second-order valence-electron chi connectivity index (χ2n) is 7.55. The Balaban J connectivity index is 1.69. The van der Waals surface area contributed by atoms with Gasteiger partial charge in [-0.25, -0.2) is 4.98 Å². The van der Waals surface area contributed by atoms with Crippen LogP contribution in [0.25, 0.3) is 16.7 Å². The Kier molecular flexibility index (Phi) is 4.70. The summed E-state index contributed by atoms with van der Waals surface area (Å²) in [6.45, 7) is 5.51. The summed E-state index contributed by atoms with van der Waals surface area (Å²) in [7, 11) is 0. The summed E-state index contributed by atoms with van der Waals surface area (Å²) in [5, 5.41) is 0. The van der Waals surface area contributed by atoms with Gasteiger partial charge in [-0.1, -0.05) is 25.1 Å². The van der Waals surface area contributed by atoms with Gasteiger partial charge >= 0.3 is 0 Å². The molecular formula is C22H26N4O. The molecule has 0 spiro atoms. The third-order valence-electron chi connectivity index (χ3n) is 5.59. The molecule has 1 saturated heterocycles. The maximum atomic E-state index is 13.1. The second kappa shape index (κ2) is 7.16. The normalized spacial score (nSPS) is 20.2. The fraction of sp³-hybridized carbons (Fsp3) is 0.364. The van der Waals surface area contributed by atoms with Crippen molar-refractivity contribution in [3.05, 3.63) is 59.9 Å². The highest BCUT2D eigenvalue weighted by Crippen LogP contribution is 2.26. The number of carbonyl (C=O) groups excluding carboxylic acids is 1. The summed E-state index contributed by atoms with van der Waals surface area (Å²) in [6.07, 6.45) is 2.01. The van der Waals surface area contributed by atoms with Crippen LogP contribution in [0.15, 0.2) is 48.5 Å². The van der Waals surface area contributed by atoms with Gasteiger partial charge < -0.3 is 10.6 Å². The molecule has 0 aliphatic carbocycles. The molecule has 1 aliphatic rings. The Labute approximate surface area is 159 Å². The van der Waals surface area contributed by atoms with Gasteiger partial charge in [-0.05, 0) is 56.0 Å². The maximum Gasteiger partial charge on any atom is 0.254 e. The molecule has 2 unspecified atom stereocenters. The smallest absolute Gasteiger partial charge is 0.254 e. The van der Waals surface area contributed by atoms with E-state index in [4.69, 9.17) is 10.7 Å². The van der Waals surface area contributed by atoms with Crippen molar-refractivity contribution in [2.45, 2.75) is 32.7 Å². The van der Waals surface area contributed by atoms with Crippen LogP contribution in [0.1, 0.15) is 35.9 Å². The lowest BCUT2D eigenvalue weighted by Crippen LogP contribution is -2.49. The molecule has 0 saturated carbocycles. The second-order valence-corrected chi connectivity index (χ2v) is 7.55. The van der Waals surface area contributed by atoms with Crippen LogP contribution >= 0.6 is 0 Å². The molecule has 27 heavy (non-hydrogen) atoms. The third kappa shape index (κ3) is 3.23. The van der Waals surface area contributed by atoms with Gasteiger partial charge in [-0.2, -0.15) is 0 Å². The molecule has 3 aromatic rings. The van der Waals surface area contributed by atoms with Crippen LogP contribution in [0.2, 0.25) is 0 Å². The predicted octanol–water partition coefficient (Wildman–Crippen LogP) is 3.53. The van der Waals surface area contributed by atoms with E-state index >= 15 is 0 Å². The number of piperidine rings is 1. The van der Waals surface area contributed by atoms with Crippen LogP contribution in [0.5, 0.6) is 0 Å². The largest absolute Gasteiger partial charge is 0.334 e. The number of amides is 1. The van der Waals surface area contributed by atoms with Crippen molar-refractivity contribution in [1.82, 2.24) is 14.5 Å². The zero-order valence-corrected chi connectivity index (χ0v) is 15.9. The number of hydrogen-bond donors (Lipinski definition) is 1. The first-order valence-corrected chi connectivity index (χ1v) is 9.64. The lowest BCUT2D eigenvalue weighted by molar-refractivity contribution is 0.0574. The molecular weight excluding hydrogens is 336 g/mol. The van der Waals surface area contributed by atoms with E-state index in [-0.39, 0.29) is 11.9 Å². The molecule has 5 heteroatoms. The number of imidazole rings is 1. The van der Waals surface area contributed by atoms with E-state index < -0.39 is 0 Å². The van der Waals surface area contributed by atoms with Crippen molar-refractivity contribution in [2.75, 3.05) is 13.1 Å². The maximum absolute atomic E-state index is 13.1. The molecule has 1 amide bonds. The van der Waals surface area contributed by atoms with E-state index in [1.54, 1.807) is 0 Å². The Morgan fingerprint density at radius 3 is 2.74 bits per heavy atom.